The van der Waals surface area contributed by atoms with Crippen LogP contribution in [0.15, 0.2) is 30.6 Å². The summed E-state index contributed by atoms with van der Waals surface area (Å²) < 4.78 is 3.60. The highest BCUT2D eigenvalue weighted by Gasteiger charge is 2.21. The van der Waals surface area contributed by atoms with E-state index in [1.807, 2.05) is 25.1 Å². The van der Waals surface area contributed by atoms with Crippen LogP contribution in [0.25, 0.3) is 10.9 Å². The van der Waals surface area contributed by atoms with E-state index in [1.165, 1.54) is 29.5 Å². The maximum absolute atomic E-state index is 10.9. The van der Waals surface area contributed by atoms with Crippen molar-refractivity contribution in [3.05, 3.63) is 41.9 Å². The van der Waals surface area contributed by atoms with Gasteiger partial charge in [-0.25, -0.2) is 0 Å². The number of fused-ring (bicyclic) bond motifs is 1. The average molecular weight is 339 g/mol. The Morgan fingerprint density at radius 2 is 2.24 bits per heavy atom. The number of nitrogens with zero attached hydrogens (tertiary/aromatic N) is 4. The topological polar surface area (TPSA) is 85.0 Å². The van der Waals surface area contributed by atoms with Gasteiger partial charge in [0.05, 0.1) is 23.4 Å². The van der Waals surface area contributed by atoms with Crippen LogP contribution in [0.5, 0.6) is 0 Å². The predicted molar refractivity (Wildman–Crippen MR) is 94.5 cm³/mol. The summed E-state index contributed by atoms with van der Waals surface area (Å²) >= 11 is 0. The first-order valence-corrected chi connectivity index (χ1v) is 8.56. The van der Waals surface area contributed by atoms with Crippen molar-refractivity contribution >= 4 is 22.6 Å². The highest BCUT2D eigenvalue weighted by atomic mass is 16.4. The Morgan fingerprint density at radius 1 is 1.40 bits per heavy atom. The monoisotopic (exact) mass is 339 g/mol. The number of carboxylic acid groups (broad SMARTS) is 1. The van der Waals surface area contributed by atoms with Crippen molar-refractivity contribution in [3.63, 3.8) is 0 Å². The number of aryl methyl sites for hydroxylation is 1. The molecule has 0 radical (unpaired) electrons. The van der Waals surface area contributed by atoms with Crippen LogP contribution in [0.4, 0.5) is 5.69 Å². The van der Waals surface area contributed by atoms with E-state index in [4.69, 9.17) is 5.11 Å². The van der Waals surface area contributed by atoms with E-state index in [-0.39, 0.29) is 6.54 Å². The number of carbonyl (C=O) groups is 1. The van der Waals surface area contributed by atoms with Gasteiger partial charge in [0.25, 0.3) is 0 Å². The lowest BCUT2D eigenvalue weighted by Gasteiger charge is -2.25. The third-order valence-electron chi connectivity index (χ3n) is 4.88. The molecule has 0 atom stereocenters. The lowest BCUT2D eigenvalue weighted by molar-refractivity contribution is -0.137. The van der Waals surface area contributed by atoms with E-state index in [2.05, 4.69) is 26.4 Å². The average Bonchev–Trinajstić information content (AvgIpc) is 3.07. The number of carboxylic acids is 1. The minimum Gasteiger partial charge on any atom is -0.480 e. The standard InChI is InChI=1S/C18H21N5O2/c1-12-14(10-22(21-12)16-3-2-4-16)8-19-15-6-5-13-9-20-23(11-18(24)25)17(13)7-15/h5-7,9-10,16,19H,2-4,8,11H2,1H3,(H,24,25). The molecule has 0 saturated heterocycles. The van der Waals surface area contributed by atoms with Gasteiger partial charge in [-0.1, -0.05) is 0 Å². The van der Waals surface area contributed by atoms with Gasteiger partial charge in [0.15, 0.2) is 0 Å². The first kappa shape index (κ1) is 15.7. The van der Waals surface area contributed by atoms with Gasteiger partial charge in [-0.15, -0.1) is 0 Å². The number of hydrogen-bond donors (Lipinski definition) is 2. The number of aromatic nitrogens is 4. The Morgan fingerprint density at radius 3 is 2.96 bits per heavy atom. The molecule has 1 aliphatic carbocycles. The van der Waals surface area contributed by atoms with E-state index in [9.17, 15) is 4.79 Å². The number of benzene rings is 1. The number of rotatable bonds is 6. The van der Waals surface area contributed by atoms with Crippen molar-refractivity contribution in [2.75, 3.05) is 5.32 Å². The molecule has 0 bridgehead atoms. The molecule has 7 heteroatoms. The smallest absolute Gasteiger partial charge is 0.325 e. The van der Waals surface area contributed by atoms with E-state index >= 15 is 0 Å². The van der Waals surface area contributed by atoms with E-state index in [0.717, 1.165) is 22.3 Å². The second-order valence-corrected chi connectivity index (χ2v) is 6.63. The molecule has 1 saturated carbocycles. The fraction of sp³-hybridized carbons (Fsp3) is 0.389. The maximum atomic E-state index is 10.9. The molecule has 1 aromatic carbocycles. The molecular formula is C18H21N5O2. The molecule has 2 heterocycles. The SMILES string of the molecule is Cc1nn(C2CCC2)cc1CNc1ccc2cnn(CC(=O)O)c2c1. The fourth-order valence-electron chi connectivity index (χ4n) is 3.16. The molecule has 4 rings (SSSR count). The molecule has 2 aromatic heterocycles. The first-order valence-electron chi connectivity index (χ1n) is 8.56. The summed E-state index contributed by atoms with van der Waals surface area (Å²) in [6.07, 6.45) is 7.56. The van der Waals surface area contributed by atoms with Crippen LogP contribution in [0.3, 0.4) is 0 Å². The van der Waals surface area contributed by atoms with Crippen LogP contribution in [-0.4, -0.2) is 30.6 Å². The summed E-state index contributed by atoms with van der Waals surface area (Å²) in [7, 11) is 0. The second kappa shape index (κ2) is 6.23. The highest BCUT2D eigenvalue weighted by Crippen LogP contribution is 2.31. The zero-order valence-electron chi connectivity index (χ0n) is 14.1. The molecule has 1 fully saturated rings. The molecule has 0 amide bonds. The van der Waals surface area contributed by atoms with Gasteiger partial charge in [-0.3, -0.25) is 14.2 Å². The Bertz CT molecular complexity index is 923. The summed E-state index contributed by atoms with van der Waals surface area (Å²) in [6.45, 7) is 2.59. The zero-order chi connectivity index (χ0) is 17.4. The van der Waals surface area contributed by atoms with Gasteiger partial charge in [-0.05, 0) is 44.4 Å². The van der Waals surface area contributed by atoms with Crippen molar-refractivity contribution in [2.24, 2.45) is 0 Å². The number of anilines is 1. The Balaban J connectivity index is 1.50. The minimum absolute atomic E-state index is 0.139. The third-order valence-corrected chi connectivity index (χ3v) is 4.88. The summed E-state index contributed by atoms with van der Waals surface area (Å²) in [5.41, 5.74) is 3.99. The van der Waals surface area contributed by atoms with Crippen LogP contribution in [0, 0.1) is 6.92 Å². The first-order chi connectivity index (χ1) is 12.1. The zero-order valence-corrected chi connectivity index (χ0v) is 14.1. The fourth-order valence-corrected chi connectivity index (χ4v) is 3.16. The molecule has 7 nitrogen and oxygen atoms in total. The Labute approximate surface area is 145 Å². The maximum Gasteiger partial charge on any atom is 0.325 e. The summed E-state index contributed by atoms with van der Waals surface area (Å²) in [5.74, 6) is -0.901. The van der Waals surface area contributed by atoms with Crippen molar-refractivity contribution in [1.29, 1.82) is 0 Å². The van der Waals surface area contributed by atoms with Crippen LogP contribution in [0.2, 0.25) is 0 Å². The van der Waals surface area contributed by atoms with Crippen molar-refractivity contribution in [3.8, 4) is 0 Å². The molecule has 2 N–H and O–H groups in total. The lowest BCUT2D eigenvalue weighted by Crippen LogP contribution is -2.17. The highest BCUT2D eigenvalue weighted by molar-refractivity contribution is 5.83. The Hall–Kier alpha value is -2.83. The number of hydrogen-bond acceptors (Lipinski definition) is 4. The van der Waals surface area contributed by atoms with Crippen LogP contribution >= 0.6 is 0 Å². The molecular weight excluding hydrogens is 318 g/mol. The third kappa shape index (κ3) is 3.09. The van der Waals surface area contributed by atoms with Gasteiger partial charge in [-0.2, -0.15) is 10.2 Å². The second-order valence-electron chi connectivity index (χ2n) is 6.63. The van der Waals surface area contributed by atoms with E-state index in [1.54, 1.807) is 6.20 Å². The largest absolute Gasteiger partial charge is 0.480 e. The van der Waals surface area contributed by atoms with Gasteiger partial charge >= 0.3 is 5.97 Å². The molecule has 130 valence electrons. The van der Waals surface area contributed by atoms with Crippen LogP contribution in [-0.2, 0) is 17.9 Å². The molecule has 1 aliphatic rings. The normalized spacial score (nSPS) is 14.6. The summed E-state index contributed by atoms with van der Waals surface area (Å²) in [6, 6.07) is 6.44. The van der Waals surface area contributed by atoms with E-state index in [0.29, 0.717) is 12.6 Å². The number of aliphatic carboxylic acids is 1. The number of nitrogens with one attached hydrogen (secondary N) is 1. The van der Waals surface area contributed by atoms with Crippen molar-refractivity contribution in [2.45, 2.75) is 45.3 Å². The van der Waals surface area contributed by atoms with Gasteiger partial charge in [0.1, 0.15) is 6.54 Å². The van der Waals surface area contributed by atoms with Gasteiger partial charge in [0, 0.05) is 29.4 Å². The van der Waals surface area contributed by atoms with Crippen LogP contribution in [0.1, 0.15) is 36.6 Å². The molecule has 25 heavy (non-hydrogen) atoms. The lowest BCUT2D eigenvalue weighted by atomic mass is 9.93. The molecule has 0 spiro atoms. The van der Waals surface area contributed by atoms with Gasteiger partial charge < -0.3 is 10.4 Å². The predicted octanol–water partition coefficient (Wildman–Crippen LogP) is 2.96. The Kier molecular flexibility index (Phi) is 3.91. The molecule has 0 unspecified atom stereocenters. The minimum atomic E-state index is -0.901. The van der Waals surface area contributed by atoms with E-state index < -0.39 is 5.97 Å². The van der Waals surface area contributed by atoms with Crippen molar-refractivity contribution in [1.82, 2.24) is 19.6 Å². The molecule has 0 aliphatic heterocycles. The van der Waals surface area contributed by atoms with Crippen molar-refractivity contribution < 1.29 is 9.90 Å². The molecule has 3 aromatic rings. The van der Waals surface area contributed by atoms with Crippen LogP contribution < -0.4 is 5.32 Å². The summed E-state index contributed by atoms with van der Waals surface area (Å²) in [5, 5.41) is 22.1. The summed E-state index contributed by atoms with van der Waals surface area (Å²) in [4.78, 5) is 10.9. The quantitative estimate of drug-likeness (QED) is 0.721. The van der Waals surface area contributed by atoms with Gasteiger partial charge in [0.2, 0.25) is 0 Å².